The van der Waals surface area contributed by atoms with E-state index in [0.717, 1.165) is 38.8 Å². The average molecular weight is 250 g/mol. The van der Waals surface area contributed by atoms with Gasteiger partial charge in [0, 0.05) is 38.2 Å². The molecule has 0 radical (unpaired) electrons. The van der Waals surface area contributed by atoms with E-state index in [1.165, 1.54) is 0 Å². The Bertz CT molecular complexity index is 352. The molecule has 2 amide bonds. The van der Waals surface area contributed by atoms with Gasteiger partial charge in [0.15, 0.2) is 0 Å². The number of hydrogen-bond donors (Lipinski definition) is 0. The van der Waals surface area contributed by atoms with Gasteiger partial charge >= 0.3 is 0 Å². The van der Waals surface area contributed by atoms with Gasteiger partial charge in [-0.2, -0.15) is 0 Å². The maximum absolute atomic E-state index is 11.8. The van der Waals surface area contributed by atoms with E-state index < -0.39 is 0 Å². The molecule has 1 unspecified atom stereocenters. The average Bonchev–Trinajstić information content (AvgIpc) is 2.67. The van der Waals surface area contributed by atoms with Crippen LogP contribution < -0.4 is 0 Å². The van der Waals surface area contributed by atoms with E-state index >= 15 is 0 Å². The molecule has 4 nitrogen and oxygen atoms in total. The molecule has 0 aromatic rings. The maximum atomic E-state index is 11.8. The Morgan fingerprint density at radius 3 is 2.50 bits per heavy atom. The van der Waals surface area contributed by atoms with Crippen LogP contribution in [0.3, 0.4) is 0 Å². The predicted molar refractivity (Wildman–Crippen MR) is 69.7 cm³/mol. The van der Waals surface area contributed by atoms with Crippen LogP contribution in [0.15, 0.2) is 12.3 Å². The van der Waals surface area contributed by atoms with E-state index in [1.54, 1.807) is 0 Å². The van der Waals surface area contributed by atoms with Crippen molar-refractivity contribution >= 4 is 11.8 Å². The molecule has 2 aliphatic heterocycles. The summed E-state index contributed by atoms with van der Waals surface area (Å²) in [6.45, 7) is 3.68. The Hall–Kier alpha value is -1.32. The number of carbonyl (C=O) groups is 2. The first-order valence-electron chi connectivity index (χ1n) is 6.96. The molecular weight excluding hydrogens is 228 g/mol. The third-order valence-electron chi connectivity index (χ3n) is 3.76. The van der Waals surface area contributed by atoms with Crippen LogP contribution in [0.2, 0.25) is 0 Å². The van der Waals surface area contributed by atoms with Crippen LogP contribution in [0.1, 0.15) is 45.4 Å². The van der Waals surface area contributed by atoms with Crippen molar-refractivity contribution in [2.75, 3.05) is 13.1 Å². The summed E-state index contributed by atoms with van der Waals surface area (Å²) < 4.78 is 0. The molecule has 2 aliphatic rings. The lowest BCUT2D eigenvalue weighted by Crippen LogP contribution is -2.33. The summed E-state index contributed by atoms with van der Waals surface area (Å²) in [6, 6.07) is 0.0936. The smallest absolute Gasteiger partial charge is 0.226 e. The van der Waals surface area contributed by atoms with Crippen molar-refractivity contribution in [2.45, 2.75) is 51.5 Å². The van der Waals surface area contributed by atoms with E-state index in [9.17, 15) is 9.59 Å². The summed E-state index contributed by atoms with van der Waals surface area (Å²) in [5.41, 5.74) is 0. The molecule has 0 saturated carbocycles. The molecule has 0 spiro atoms. The highest BCUT2D eigenvalue weighted by Gasteiger charge is 2.23. The van der Waals surface area contributed by atoms with Crippen LogP contribution in [0, 0.1) is 0 Å². The second-order valence-corrected chi connectivity index (χ2v) is 5.17. The van der Waals surface area contributed by atoms with E-state index in [0.29, 0.717) is 12.8 Å². The van der Waals surface area contributed by atoms with Crippen LogP contribution in [0.4, 0.5) is 0 Å². The molecule has 0 aromatic carbocycles. The Morgan fingerprint density at radius 2 is 1.78 bits per heavy atom. The predicted octanol–water partition coefficient (Wildman–Crippen LogP) is 1.91. The molecule has 2 fully saturated rings. The molecule has 2 saturated heterocycles. The first-order chi connectivity index (χ1) is 8.68. The lowest BCUT2D eigenvalue weighted by atomic mass is 10.2. The maximum Gasteiger partial charge on any atom is 0.226 e. The van der Waals surface area contributed by atoms with Crippen molar-refractivity contribution < 1.29 is 9.59 Å². The second-order valence-electron chi connectivity index (χ2n) is 5.17. The summed E-state index contributed by atoms with van der Waals surface area (Å²) in [5, 5.41) is 0. The van der Waals surface area contributed by atoms with Crippen LogP contribution >= 0.6 is 0 Å². The second kappa shape index (κ2) is 6.03. The molecule has 2 heterocycles. The minimum atomic E-state index is 0.0936. The zero-order valence-corrected chi connectivity index (χ0v) is 11.1. The van der Waals surface area contributed by atoms with Crippen molar-refractivity contribution in [3.63, 3.8) is 0 Å². The summed E-state index contributed by atoms with van der Waals surface area (Å²) in [6.07, 6.45) is 9.35. The zero-order chi connectivity index (χ0) is 13.0. The quantitative estimate of drug-likeness (QED) is 0.767. The number of rotatable bonds is 3. The minimum Gasteiger partial charge on any atom is -0.336 e. The summed E-state index contributed by atoms with van der Waals surface area (Å²) in [4.78, 5) is 27.1. The molecule has 1 atom stereocenters. The Morgan fingerprint density at radius 1 is 1.00 bits per heavy atom. The number of amides is 2. The standard InChI is InChI=1S/C14H22N2O2/c1-12(16-10-5-7-14(16)18)8-11-15-9-4-2-3-6-13(15)17/h8,11-12H,2-7,9-10H2,1H3/b11-8+. The highest BCUT2D eigenvalue weighted by Crippen LogP contribution is 2.15. The van der Waals surface area contributed by atoms with Gasteiger partial charge in [0.25, 0.3) is 0 Å². The van der Waals surface area contributed by atoms with Crippen molar-refractivity contribution in [3.8, 4) is 0 Å². The van der Waals surface area contributed by atoms with Gasteiger partial charge in [-0.1, -0.05) is 6.42 Å². The highest BCUT2D eigenvalue weighted by molar-refractivity contribution is 5.79. The van der Waals surface area contributed by atoms with Gasteiger partial charge in [0.1, 0.15) is 0 Å². The first-order valence-corrected chi connectivity index (χ1v) is 6.96. The molecule has 0 aliphatic carbocycles. The summed E-state index contributed by atoms with van der Waals surface area (Å²) in [5.74, 6) is 0.443. The molecule has 4 heteroatoms. The van der Waals surface area contributed by atoms with Crippen LogP contribution in [-0.2, 0) is 9.59 Å². The van der Waals surface area contributed by atoms with Gasteiger partial charge in [-0.15, -0.1) is 0 Å². The van der Waals surface area contributed by atoms with Gasteiger partial charge in [-0.05, 0) is 32.3 Å². The lowest BCUT2D eigenvalue weighted by Gasteiger charge is -2.22. The first kappa shape index (κ1) is 13.1. The molecule has 2 rings (SSSR count). The van der Waals surface area contributed by atoms with E-state index in [-0.39, 0.29) is 17.9 Å². The van der Waals surface area contributed by atoms with Gasteiger partial charge < -0.3 is 9.80 Å². The van der Waals surface area contributed by atoms with E-state index in [4.69, 9.17) is 0 Å². The van der Waals surface area contributed by atoms with Crippen molar-refractivity contribution in [3.05, 3.63) is 12.3 Å². The van der Waals surface area contributed by atoms with Crippen LogP contribution in [0.5, 0.6) is 0 Å². The van der Waals surface area contributed by atoms with Gasteiger partial charge in [0.2, 0.25) is 11.8 Å². The largest absolute Gasteiger partial charge is 0.336 e. The molecule has 0 bridgehead atoms. The number of carbonyl (C=O) groups excluding carboxylic acids is 2. The number of nitrogens with zero attached hydrogens (tertiary/aromatic N) is 2. The van der Waals surface area contributed by atoms with Gasteiger partial charge in [0.05, 0.1) is 0 Å². The fourth-order valence-corrected chi connectivity index (χ4v) is 2.59. The summed E-state index contributed by atoms with van der Waals surface area (Å²) in [7, 11) is 0. The fourth-order valence-electron chi connectivity index (χ4n) is 2.59. The third kappa shape index (κ3) is 3.12. The van der Waals surface area contributed by atoms with Crippen molar-refractivity contribution in [2.24, 2.45) is 0 Å². The van der Waals surface area contributed by atoms with Gasteiger partial charge in [-0.3, -0.25) is 9.59 Å². The topological polar surface area (TPSA) is 40.6 Å². The Labute approximate surface area is 109 Å². The molecular formula is C14H22N2O2. The highest BCUT2D eigenvalue weighted by atomic mass is 16.2. The SMILES string of the molecule is CC(/C=C/N1CCCCCC1=O)N1CCCC1=O. The van der Waals surface area contributed by atoms with Gasteiger partial charge in [-0.25, -0.2) is 0 Å². The molecule has 18 heavy (non-hydrogen) atoms. The summed E-state index contributed by atoms with van der Waals surface area (Å²) >= 11 is 0. The number of likely N-dealkylation sites (tertiary alicyclic amines) is 2. The molecule has 0 N–H and O–H groups in total. The number of hydrogen-bond acceptors (Lipinski definition) is 2. The van der Waals surface area contributed by atoms with E-state index in [1.807, 2.05) is 29.0 Å². The third-order valence-corrected chi connectivity index (χ3v) is 3.76. The lowest BCUT2D eigenvalue weighted by molar-refractivity contribution is -0.128. The van der Waals surface area contributed by atoms with E-state index in [2.05, 4.69) is 0 Å². The molecule has 0 aromatic heterocycles. The fraction of sp³-hybridized carbons (Fsp3) is 0.714. The monoisotopic (exact) mass is 250 g/mol. The van der Waals surface area contributed by atoms with Crippen LogP contribution in [0.25, 0.3) is 0 Å². The van der Waals surface area contributed by atoms with Crippen LogP contribution in [-0.4, -0.2) is 40.7 Å². The molecule has 100 valence electrons. The Kier molecular flexibility index (Phi) is 4.39. The Balaban J connectivity index is 1.92. The zero-order valence-electron chi connectivity index (χ0n) is 11.1. The van der Waals surface area contributed by atoms with Crippen molar-refractivity contribution in [1.29, 1.82) is 0 Å². The van der Waals surface area contributed by atoms with Crippen molar-refractivity contribution in [1.82, 2.24) is 9.80 Å². The normalized spacial score (nSPS) is 23.8. The minimum absolute atomic E-state index is 0.0936.